The lowest BCUT2D eigenvalue weighted by molar-refractivity contribution is 0.354. The van der Waals surface area contributed by atoms with E-state index in [1.807, 2.05) is 54.7 Å². The van der Waals surface area contributed by atoms with E-state index in [1.165, 1.54) is 32.1 Å². The first kappa shape index (κ1) is 18.4. The van der Waals surface area contributed by atoms with Gasteiger partial charge in [-0.1, -0.05) is 25.3 Å². The fourth-order valence-corrected chi connectivity index (χ4v) is 3.66. The zero-order chi connectivity index (χ0) is 19.2. The maximum absolute atomic E-state index is 5.87. The molecule has 0 bridgehead atoms. The molecule has 0 atom stereocenters. The summed E-state index contributed by atoms with van der Waals surface area (Å²) in [7, 11) is 1.65. The van der Waals surface area contributed by atoms with Crippen molar-refractivity contribution in [3.63, 3.8) is 0 Å². The van der Waals surface area contributed by atoms with E-state index in [0.717, 1.165) is 28.5 Å². The second-order valence-corrected chi connectivity index (χ2v) is 7.22. The molecule has 1 fully saturated rings. The summed E-state index contributed by atoms with van der Waals surface area (Å²) in [6, 6.07) is 18.2. The van der Waals surface area contributed by atoms with Crippen LogP contribution in [0.1, 0.15) is 43.7 Å². The Balaban J connectivity index is 1.38. The van der Waals surface area contributed by atoms with Crippen LogP contribution in [0.2, 0.25) is 0 Å². The van der Waals surface area contributed by atoms with Gasteiger partial charge >= 0.3 is 0 Å². The lowest BCUT2D eigenvalue weighted by Crippen LogP contribution is -2.10. The monoisotopic (exact) mass is 374 g/mol. The Morgan fingerprint density at radius 1 is 0.929 bits per heavy atom. The Bertz CT molecular complexity index is 922. The zero-order valence-corrected chi connectivity index (χ0v) is 16.3. The number of methoxy groups -OCH3 is 1. The van der Waals surface area contributed by atoms with Crippen LogP contribution in [0.5, 0.6) is 17.2 Å². The molecule has 28 heavy (non-hydrogen) atoms. The molecule has 0 spiro atoms. The molecule has 1 aliphatic rings. The molecule has 4 nitrogen and oxygen atoms in total. The average Bonchev–Trinajstić information content (AvgIpc) is 3.23. The zero-order valence-electron chi connectivity index (χ0n) is 16.3. The average molecular weight is 374 g/mol. The molecule has 4 rings (SSSR count). The molecular formula is C24H26N2O2. The molecule has 0 aliphatic heterocycles. The highest BCUT2D eigenvalue weighted by Gasteiger charge is 2.14. The molecule has 0 unspecified atom stereocenters. The van der Waals surface area contributed by atoms with E-state index < -0.39 is 0 Å². The summed E-state index contributed by atoms with van der Waals surface area (Å²) in [6.07, 6.45) is 13.0. The number of hydrogen-bond donors (Lipinski definition) is 0. The van der Waals surface area contributed by atoms with Gasteiger partial charge in [-0.3, -0.25) is 4.99 Å². The van der Waals surface area contributed by atoms with Crippen molar-refractivity contribution < 1.29 is 9.47 Å². The summed E-state index contributed by atoms with van der Waals surface area (Å²) in [6.45, 7) is 0. The van der Waals surface area contributed by atoms with Crippen LogP contribution >= 0.6 is 0 Å². The van der Waals surface area contributed by atoms with Crippen LogP contribution in [0.3, 0.4) is 0 Å². The van der Waals surface area contributed by atoms with Gasteiger partial charge < -0.3 is 14.0 Å². The van der Waals surface area contributed by atoms with Crippen molar-refractivity contribution in [1.29, 1.82) is 0 Å². The van der Waals surface area contributed by atoms with E-state index in [9.17, 15) is 0 Å². The summed E-state index contributed by atoms with van der Waals surface area (Å²) in [4.78, 5) is 4.60. The third kappa shape index (κ3) is 4.63. The van der Waals surface area contributed by atoms with Gasteiger partial charge in [-0.15, -0.1) is 0 Å². The number of benzene rings is 2. The molecule has 0 amide bonds. The predicted molar refractivity (Wildman–Crippen MR) is 113 cm³/mol. The van der Waals surface area contributed by atoms with Crippen LogP contribution in [0, 0.1) is 0 Å². The largest absolute Gasteiger partial charge is 0.497 e. The number of aromatic nitrogens is 1. The van der Waals surface area contributed by atoms with Gasteiger partial charge in [0.05, 0.1) is 12.8 Å². The molecular weight excluding hydrogens is 348 g/mol. The van der Waals surface area contributed by atoms with Crippen molar-refractivity contribution in [3.8, 4) is 17.2 Å². The van der Waals surface area contributed by atoms with Gasteiger partial charge in [0, 0.05) is 36.3 Å². The molecule has 2 aromatic carbocycles. The Labute approximate surface area is 166 Å². The van der Waals surface area contributed by atoms with Gasteiger partial charge in [0.15, 0.2) is 0 Å². The van der Waals surface area contributed by atoms with E-state index in [2.05, 4.69) is 28.0 Å². The Hall–Kier alpha value is -3.01. The highest BCUT2D eigenvalue weighted by atomic mass is 16.5. The van der Waals surface area contributed by atoms with Crippen molar-refractivity contribution in [2.24, 2.45) is 4.99 Å². The molecule has 1 aliphatic carbocycles. The first-order valence-corrected chi connectivity index (χ1v) is 9.94. The smallest absolute Gasteiger partial charge is 0.131 e. The second kappa shape index (κ2) is 8.79. The SMILES string of the molecule is COc1cccc(Oc2ccc(N=Cc3ccn(C4CCCCC4)c3)cc2)c1. The normalized spacial score (nSPS) is 15.0. The predicted octanol–water partition coefficient (Wildman–Crippen LogP) is 6.54. The van der Waals surface area contributed by atoms with Crippen LogP contribution in [0.25, 0.3) is 0 Å². The molecule has 0 N–H and O–H groups in total. The van der Waals surface area contributed by atoms with Crippen molar-refractivity contribution in [3.05, 3.63) is 72.6 Å². The van der Waals surface area contributed by atoms with E-state index in [0.29, 0.717) is 6.04 Å². The third-order valence-corrected chi connectivity index (χ3v) is 5.21. The van der Waals surface area contributed by atoms with Crippen LogP contribution in [0.4, 0.5) is 5.69 Å². The number of hydrogen-bond acceptors (Lipinski definition) is 3. The highest BCUT2D eigenvalue weighted by Crippen LogP contribution is 2.29. The first-order chi connectivity index (χ1) is 13.8. The lowest BCUT2D eigenvalue weighted by atomic mass is 9.95. The topological polar surface area (TPSA) is 35.8 Å². The Morgan fingerprint density at radius 3 is 2.50 bits per heavy atom. The van der Waals surface area contributed by atoms with Gasteiger partial charge in [-0.05, 0) is 55.3 Å². The summed E-state index contributed by atoms with van der Waals surface area (Å²) in [5, 5.41) is 0. The van der Waals surface area contributed by atoms with Gasteiger partial charge in [0.25, 0.3) is 0 Å². The van der Waals surface area contributed by atoms with Crippen molar-refractivity contribution in [2.75, 3.05) is 7.11 Å². The number of aliphatic imine (C=N–C) groups is 1. The summed E-state index contributed by atoms with van der Waals surface area (Å²) >= 11 is 0. The van der Waals surface area contributed by atoms with Gasteiger partial charge in [-0.25, -0.2) is 0 Å². The van der Waals surface area contributed by atoms with Gasteiger partial charge in [-0.2, -0.15) is 0 Å². The minimum absolute atomic E-state index is 0.656. The minimum Gasteiger partial charge on any atom is -0.497 e. The van der Waals surface area contributed by atoms with Crippen molar-refractivity contribution >= 4 is 11.9 Å². The molecule has 3 aromatic rings. The minimum atomic E-state index is 0.656. The molecule has 1 aromatic heterocycles. The maximum atomic E-state index is 5.87. The van der Waals surface area contributed by atoms with Crippen molar-refractivity contribution in [2.45, 2.75) is 38.1 Å². The van der Waals surface area contributed by atoms with E-state index in [-0.39, 0.29) is 0 Å². The van der Waals surface area contributed by atoms with Crippen molar-refractivity contribution in [1.82, 2.24) is 4.57 Å². The number of ether oxygens (including phenoxy) is 2. The van der Waals surface area contributed by atoms with Crippen LogP contribution in [-0.4, -0.2) is 17.9 Å². The standard InChI is InChI=1S/C24H26N2O2/c1-27-23-8-5-9-24(16-23)28-22-12-10-20(11-13-22)25-17-19-14-15-26(18-19)21-6-3-2-4-7-21/h5,8-18,21H,2-4,6-7H2,1H3. The first-order valence-electron chi connectivity index (χ1n) is 9.94. The molecule has 4 heteroatoms. The maximum Gasteiger partial charge on any atom is 0.131 e. The number of nitrogens with zero attached hydrogens (tertiary/aromatic N) is 2. The Kier molecular flexibility index (Phi) is 5.76. The molecule has 0 radical (unpaired) electrons. The molecule has 0 saturated heterocycles. The van der Waals surface area contributed by atoms with Crippen LogP contribution in [-0.2, 0) is 0 Å². The number of rotatable bonds is 6. The summed E-state index contributed by atoms with van der Waals surface area (Å²) in [5.74, 6) is 2.30. The van der Waals surface area contributed by atoms with Gasteiger partial charge in [0.1, 0.15) is 17.2 Å². The quantitative estimate of drug-likeness (QED) is 0.459. The highest BCUT2D eigenvalue weighted by molar-refractivity contribution is 5.81. The fourth-order valence-electron chi connectivity index (χ4n) is 3.66. The fraction of sp³-hybridized carbons (Fsp3) is 0.292. The molecule has 1 heterocycles. The molecule has 1 saturated carbocycles. The lowest BCUT2D eigenvalue weighted by Gasteiger charge is -2.23. The molecule has 144 valence electrons. The summed E-state index contributed by atoms with van der Waals surface area (Å²) in [5.41, 5.74) is 2.05. The third-order valence-electron chi connectivity index (χ3n) is 5.21. The summed E-state index contributed by atoms with van der Waals surface area (Å²) < 4.78 is 13.5. The van der Waals surface area contributed by atoms with Gasteiger partial charge in [0.2, 0.25) is 0 Å². The Morgan fingerprint density at radius 2 is 1.71 bits per heavy atom. The van der Waals surface area contributed by atoms with E-state index >= 15 is 0 Å². The second-order valence-electron chi connectivity index (χ2n) is 7.22. The van der Waals surface area contributed by atoms with E-state index in [4.69, 9.17) is 9.47 Å². The van der Waals surface area contributed by atoms with E-state index in [1.54, 1.807) is 7.11 Å². The van der Waals surface area contributed by atoms with Crippen LogP contribution < -0.4 is 9.47 Å². The van der Waals surface area contributed by atoms with Crippen LogP contribution in [0.15, 0.2) is 72.0 Å².